The van der Waals surface area contributed by atoms with E-state index in [0.717, 1.165) is 24.9 Å². The van der Waals surface area contributed by atoms with Gasteiger partial charge in [-0.25, -0.2) is 4.68 Å². The SMILES string of the molecule is CC(C)CCn1cc(CCNC(=O)Cn2nc(-c3ccccc3)ccc2=O)c2ccccc21. The topological polar surface area (TPSA) is 68.9 Å². The van der Waals surface area contributed by atoms with E-state index in [4.69, 9.17) is 0 Å². The molecule has 4 rings (SSSR count). The Kier molecular flexibility index (Phi) is 7.03. The number of amides is 1. The highest BCUT2D eigenvalue weighted by molar-refractivity contribution is 5.84. The summed E-state index contributed by atoms with van der Waals surface area (Å²) >= 11 is 0. The molecule has 170 valence electrons. The number of nitrogens with one attached hydrogen (secondary N) is 1. The van der Waals surface area contributed by atoms with Crippen LogP contribution in [-0.2, 0) is 24.3 Å². The molecule has 0 aliphatic rings. The number of para-hydroxylation sites is 1. The van der Waals surface area contributed by atoms with E-state index >= 15 is 0 Å². The second-order valence-corrected chi connectivity index (χ2v) is 8.73. The standard InChI is InChI=1S/C27H30N4O2/c1-20(2)15-17-30-18-22(23-10-6-7-11-25(23)30)14-16-28-26(32)19-31-27(33)13-12-24(29-31)21-8-4-3-5-9-21/h3-13,18,20H,14-17,19H2,1-2H3,(H,28,32). The van der Waals surface area contributed by atoms with Crippen molar-refractivity contribution in [2.24, 2.45) is 5.92 Å². The van der Waals surface area contributed by atoms with Gasteiger partial charge in [-0.2, -0.15) is 5.10 Å². The monoisotopic (exact) mass is 442 g/mol. The van der Waals surface area contributed by atoms with Gasteiger partial charge in [0.15, 0.2) is 0 Å². The van der Waals surface area contributed by atoms with Gasteiger partial charge < -0.3 is 9.88 Å². The largest absolute Gasteiger partial charge is 0.354 e. The average Bonchev–Trinajstić information content (AvgIpc) is 3.17. The van der Waals surface area contributed by atoms with Crippen molar-refractivity contribution in [2.75, 3.05) is 6.54 Å². The molecule has 2 heterocycles. The number of carbonyl (C=O) groups is 1. The molecule has 6 heteroatoms. The third-order valence-electron chi connectivity index (χ3n) is 5.76. The van der Waals surface area contributed by atoms with Crippen LogP contribution in [0.5, 0.6) is 0 Å². The lowest BCUT2D eigenvalue weighted by Crippen LogP contribution is -2.34. The third-order valence-corrected chi connectivity index (χ3v) is 5.76. The highest BCUT2D eigenvalue weighted by Crippen LogP contribution is 2.22. The molecule has 2 aromatic heterocycles. The maximum atomic E-state index is 12.5. The molecule has 0 aliphatic carbocycles. The minimum absolute atomic E-state index is 0.102. The van der Waals surface area contributed by atoms with Gasteiger partial charge in [-0.05, 0) is 36.5 Å². The van der Waals surface area contributed by atoms with Crippen LogP contribution >= 0.6 is 0 Å². The summed E-state index contributed by atoms with van der Waals surface area (Å²) in [6.45, 7) is 5.85. The number of fused-ring (bicyclic) bond motifs is 1. The van der Waals surface area contributed by atoms with Crippen LogP contribution in [0.4, 0.5) is 0 Å². The summed E-state index contributed by atoms with van der Waals surface area (Å²) in [6, 6.07) is 21.1. The number of hydrogen-bond acceptors (Lipinski definition) is 3. The van der Waals surface area contributed by atoms with Gasteiger partial charge in [0.05, 0.1) is 5.69 Å². The summed E-state index contributed by atoms with van der Waals surface area (Å²) in [4.78, 5) is 24.7. The molecule has 0 radical (unpaired) electrons. The Bertz CT molecular complexity index is 1290. The van der Waals surface area contributed by atoms with Crippen molar-refractivity contribution in [3.63, 3.8) is 0 Å². The van der Waals surface area contributed by atoms with Gasteiger partial charge in [0.2, 0.25) is 5.91 Å². The van der Waals surface area contributed by atoms with E-state index in [9.17, 15) is 9.59 Å². The molecular formula is C27H30N4O2. The maximum absolute atomic E-state index is 12.5. The van der Waals surface area contributed by atoms with Crippen molar-refractivity contribution in [2.45, 2.75) is 39.8 Å². The number of hydrogen-bond donors (Lipinski definition) is 1. The van der Waals surface area contributed by atoms with Gasteiger partial charge >= 0.3 is 0 Å². The molecular weight excluding hydrogens is 412 g/mol. The van der Waals surface area contributed by atoms with Crippen molar-refractivity contribution in [1.82, 2.24) is 19.7 Å². The lowest BCUT2D eigenvalue weighted by molar-refractivity contribution is -0.121. The van der Waals surface area contributed by atoms with Crippen molar-refractivity contribution in [1.29, 1.82) is 0 Å². The van der Waals surface area contributed by atoms with Crippen molar-refractivity contribution < 1.29 is 4.79 Å². The zero-order valence-electron chi connectivity index (χ0n) is 19.2. The van der Waals surface area contributed by atoms with Gasteiger partial charge in [-0.1, -0.05) is 62.4 Å². The summed E-state index contributed by atoms with van der Waals surface area (Å²) in [5, 5.41) is 8.54. The number of nitrogens with zero attached hydrogens (tertiary/aromatic N) is 3. The number of benzene rings is 2. The van der Waals surface area contributed by atoms with Crippen LogP contribution < -0.4 is 10.9 Å². The molecule has 6 nitrogen and oxygen atoms in total. The number of aryl methyl sites for hydroxylation is 1. The maximum Gasteiger partial charge on any atom is 0.267 e. The zero-order valence-corrected chi connectivity index (χ0v) is 19.2. The molecule has 2 aromatic carbocycles. The summed E-state index contributed by atoms with van der Waals surface area (Å²) in [5.74, 6) is 0.421. The first kappa shape index (κ1) is 22.5. The Morgan fingerprint density at radius 2 is 1.76 bits per heavy atom. The predicted octanol–water partition coefficient (Wildman–Crippen LogP) is 4.27. The smallest absolute Gasteiger partial charge is 0.267 e. The van der Waals surface area contributed by atoms with Gasteiger partial charge in [0.25, 0.3) is 5.56 Å². The summed E-state index contributed by atoms with van der Waals surface area (Å²) in [5.41, 5.74) is 3.72. The molecule has 0 spiro atoms. The molecule has 0 saturated heterocycles. The quantitative estimate of drug-likeness (QED) is 0.421. The van der Waals surface area contributed by atoms with E-state index in [-0.39, 0.29) is 18.0 Å². The first-order chi connectivity index (χ1) is 16.0. The molecule has 0 fully saturated rings. The molecule has 1 amide bonds. The Morgan fingerprint density at radius 3 is 2.55 bits per heavy atom. The molecule has 0 aliphatic heterocycles. The van der Waals surface area contributed by atoms with E-state index in [0.29, 0.717) is 18.2 Å². The lowest BCUT2D eigenvalue weighted by atomic mass is 10.1. The van der Waals surface area contributed by atoms with Crippen LogP contribution in [0.15, 0.2) is 77.7 Å². The average molecular weight is 443 g/mol. The highest BCUT2D eigenvalue weighted by Gasteiger charge is 2.11. The molecule has 0 bridgehead atoms. The number of aromatic nitrogens is 3. The number of rotatable bonds is 9. The molecule has 4 aromatic rings. The third kappa shape index (κ3) is 5.58. The van der Waals surface area contributed by atoms with Crippen LogP contribution in [-0.4, -0.2) is 26.8 Å². The van der Waals surface area contributed by atoms with Crippen molar-refractivity contribution in [3.05, 3.63) is 88.8 Å². The van der Waals surface area contributed by atoms with Gasteiger partial charge in [-0.15, -0.1) is 0 Å². The Morgan fingerprint density at radius 1 is 1.00 bits per heavy atom. The van der Waals surface area contributed by atoms with Crippen LogP contribution in [0, 0.1) is 5.92 Å². The lowest BCUT2D eigenvalue weighted by Gasteiger charge is -2.08. The first-order valence-corrected chi connectivity index (χ1v) is 11.5. The first-order valence-electron chi connectivity index (χ1n) is 11.5. The van der Waals surface area contributed by atoms with E-state index in [2.05, 4.69) is 59.3 Å². The van der Waals surface area contributed by atoms with Gasteiger partial charge in [0.1, 0.15) is 6.54 Å². The normalized spacial score (nSPS) is 11.2. The molecule has 1 N–H and O–H groups in total. The minimum Gasteiger partial charge on any atom is -0.354 e. The van der Waals surface area contributed by atoms with Crippen molar-refractivity contribution >= 4 is 16.8 Å². The van der Waals surface area contributed by atoms with Crippen LogP contribution in [0.3, 0.4) is 0 Å². The molecule has 0 unspecified atom stereocenters. The van der Waals surface area contributed by atoms with E-state index in [1.54, 1.807) is 6.07 Å². The second kappa shape index (κ2) is 10.3. The Balaban J connectivity index is 1.39. The minimum atomic E-state index is -0.293. The molecule has 0 saturated carbocycles. The van der Waals surface area contributed by atoms with E-state index in [1.165, 1.54) is 27.2 Å². The van der Waals surface area contributed by atoms with Gasteiger partial charge in [0, 0.05) is 41.8 Å². The van der Waals surface area contributed by atoms with Crippen LogP contribution in [0.1, 0.15) is 25.8 Å². The summed E-state index contributed by atoms with van der Waals surface area (Å²) in [7, 11) is 0. The Hall–Kier alpha value is -3.67. The second-order valence-electron chi connectivity index (χ2n) is 8.73. The van der Waals surface area contributed by atoms with Crippen LogP contribution in [0.2, 0.25) is 0 Å². The fraction of sp³-hybridized carbons (Fsp3) is 0.296. The fourth-order valence-corrected chi connectivity index (χ4v) is 3.96. The molecule has 0 atom stereocenters. The van der Waals surface area contributed by atoms with E-state index < -0.39 is 0 Å². The van der Waals surface area contributed by atoms with Gasteiger partial charge in [-0.3, -0.25) is 9.59 Å². The zero-order chi connectivity index (χ0) is 23.2. The fourth-order valence-electron chi connectivity index (χ4n) is 3.96. The molecule has 33 heavy (non-hydrogen) atoms. The number of carbonyl (C=O) groups excluding carboxylic acids is 1. The van der Waals surface area contributed by atoms with E-state index in [1.807, 2.05) is 30.3 Å². The summed E-state index contributed by atoms with van der Waals surface area (Å²) in [6.07, 6.45) is 4.06. The highest BCUT2D eigenvalue weighted by atomic mass is 16.2. The van der Waals surface area contributed by atoms with Crippen LogP contribution in [0.25, 0.3) is 22.2 Å². The summed E-state index contributed by atoms with van der Waals surface area (Å²) < 4.78 is 3.53. The van der Waals surface area contributed by atoms with Crippen molar-refractivity contribution in [3.8, 4) is 11.3 Å². The predicted molar refractivity (Wildman–Crippen MR) is 132 cm³/mol. The Labute approximate surface area is 193 Å².